The number of nitrogens with two attached hydrogens (primary N) is 1. The third-order valence-corrected chi connectivity index (χ3v) is 4.00. The van der Waals surface area contributed by atoms with Gasteiger partial charge in [-0.05, 0) is 37.5 Å². The topological polar surface area (TPSA) is 67.9 Å². The number of rotatable bonds is 2. The van der Waals surface area contributed by atoms with Crippen molar-refractivity contribution in [2.24, 2.45) is 0 Å². The minimum absolute atomic E-state index is 0.337. The van der Waals surface area contributed by atoms with Crippen LogP contribution in [-0.4, -0.2) is 21.5 Å². The van der Waals surface area contributed by atoms with Gasteiger partial charge in [-0.1, -0.05) is 12.8 Å². The van der Waals surface area contributed by atoms with Crippen LogP contribution >= 0.6 is 0 Å². The molecule has 1 unspecified atom stereocenters. The number of anilines is 2. The minimum Gasteiger partial charge on any atom is -0.368 e. The highest BCUT2D eigenvalue weighted by molar-refractivity contribution is 5.46. The standard InChI is InChI=1S/C16H21N5/c1-12-11-15(20-16(17)19-12)21-10-4-2-3-5-14(21)13-6-8-18-9-7-13/h6-9,11,14H,2-5,10H2,1H3,(H2,17,19,20). The van der Waals surface area contributed by atoms with Crippen LogP contribution in [-0.2, 0) is 0 Å². The average Bonchev–Trinajstić information content (AvgIpc) is 2.73. The Balaban J connectivity index is 1.99. The molecule has 1 atom stereocenters. The van der Waals surface area contributed by atoms with Crippen LogP contribution < -0.4 is 10.6 Å². The normalized spacial score (nSPS) is 19.3. The summed E-state index contributed by atoms with van der Waals surface area (Å²) in [6.07, 6.45) is 8.54. The van der Waals surface area contributed by atoms with Crippen LogP contribution in [0.4, 0.5) is 11.8 Å². The maximum Gasteiger partial charge on any atom is 0.222 e. The van der Waals surface area contributed by atoms with Crippen molar-refractivity contribution < 1.29 is 0 Å². The lowest BCUT2D eigenvalue weighted by Crippen LogP contribution is -2.29. The van der Waals surface area contributed by atoms with Crippen LogP contribution in [0.1, 0.15) is 43.0 Å². The lowest BCUT2D eigenvalue weighted by Gasteiger charge is -2.31. The van der Waals surface area contributed by atoms with E-state index < -0.39 is 0 Å². The van der Waals surface area contributed by atoms with Crippen molar-refractivity contribution in [2.45, 2.75) is 38.6 Å². The largest absolute Gasteiger partial charge is 0.368 e. The Hall–Kier alpha value is -2.17. The molecule has 0 aliphatic carbocycles. The van der Waals surface area contributed by atoms with E-state index in [1.807, 2.05) is 25.4 Å². The number of nitrogen functional groups attached to an aromatic ring is 1. The summed E-state index contributed by atoms with van der Waals surface area (Å²) in [6.45, 7) is 2.96. The van der Waals surface area contributed by atoms with Gasteiger partial charge in [0.1, 0.15) is 5.82 Å². The van der Waals surface area contributed by atoms with E-state index >= 15 is 0 Å². The number of nitrogens with zero attached hydrogens (tertiary/aromatic N) is 4. The van der Waals surface area contributed by atoms with E-state index in [-0.39, 0.29) is 0 Å². The van der Waals surface area contributed by atoms with E-state index in [9.17, 15) is 0 Å². The van der Waals surface area contributed by atoms with Gasteiger partial charge < -0.3 is 10.6 Å². The summed E-state index contributed by atoms with van der Waals surface area (Å²) in [5.74, 6) is 1.28. The van der Waals surface area contributed by atoms with Gasteiger partial charge in [0, 0.05) is 30.7 Å². The molecular formula is C16H21N5. The van der Waals surface area contributed by atoms with Crippen molar-refractivity contribution in [3.05, 3.63) is 41.9 Å². The highest BCUT2D eigenvalue weighted by Crippen LogP contribution is 2.33. The number of pyridine rings is 1. The van der Waals surface area contributed by atoms with Crippen LogP contribution in [0.25, 0.3) is 0 Å². The Kier molecular flexibility index (Phi) is 3.99. The molecule has 2 aromatic heterocycles. The highest BCUT2D eigenvalue weighted by Gasteiger charge is 2.24. The molecule has 0 spiro atoms. The van der Waals surface area contributed by atoms with E-state index in [0.717, 1.165) is 24.5 Å². The molecule has 0 aromatic carbocycles. The molecule has 0 saturated carbocycles. The van der Waals surface area contributed by atoms with E-state index in [1.165, 1.54) is 24.8 Å². The van der Waals surface area contributed by atoms with Crippen molar-refractivity contribution >= 4 is 11.8 Å². The maximum atomic E-state index is 5.83. The van der Waals surface area contributed by atoms with E-state index in [2.05, 4.69) is 32.0 Å². The summed E-state index contributed by atoms with van der Waals surface area (Å²) in [5, 5.41) is 0. The fourth-order valence-electron chi connectivity index (χ4n) is 3.04. The van der Waals surface area contributed by atoms with Crippen LogP contribution in [0, 0.1) is 6.92 Å². The summed E-state index contributed by atoms with van der Waals surface area (Å²) in [6, 6.07) is 6.56. The van der Waals surface area contributed by atoms with Gasteiger partial charge in [-0.25, -0.2) is 4.98 Å². The molecule has 0 radical (unpaired) electrons. The molecule has 0 bridgehead atoms. The predicted molar refractivity (Wildman–Crippen MR) is 84.0 cm³/mol. The number of aromatic nitrogens is 3. The third kappa shape index (κ3) is 3.12. The van der Waals surface area contributed by atoms with Crippen LogP contribution in [0.5, 0.6) is 0 Å². The Morgan fingerprint density at radius 2 is 1.95 bits per heavy atom. The molecule has 2 N–H and O–H groups in total. The first kappa shape index (κ1) is 13.8. The summed E-state index contributed by atoms with van der Waals surface area (Å²) in [4.78, 5) is 15.1. The molecule has 1 fully saturated rings. The van der Waals surface area contributed by atoms with Crippen molar-refractivity contribution in [3.8, 4) is 0 Å². The monoisotopic (exact) mass is 283 g/mol. The molecule has 5 nitrogen and oxygen atoms in total. The Labute approximate surface area is 125 Å². The lowest BCUT2D eigenvalue weighted by atomic mass is 10.0. The summed E-state index contributed by atoms with van der Waals surface area (Å²) in [5.41, 5.74) is 8.04. The Morgan fingerprint density at radius 3 is 2.71 bits per heavy atom. The van der Waals surface area contributed by atoms with E-state index in [1.54, 1.807) is 0 Å². The first-order valence-corrected chi connectivity index (χ1v) is 7.52. The average molecular weight is 283 g/mol. The van der Waals surface area contributed by atoms with Gasteiger partial charge in [-0.2, -0.15) is 4.98 Å². The van der Waals surface area contributed by atoms with Crippen molar-refractivity contribution in [1.82, 2.24) is 15.0 Å². The van der Waals surface area contributed by atoms with Crippen LogP contribution in [0.15, 0.2) is 30.6 Å². The molecule has 110 valence electrons. The van der Waals surface area contributed by atoms with Gasteiger partial charge in [0.05, 0.1) is 6.04 Å². The fraction of sp³-hybridized carbons (Fsp3) is 0.438. The SMILES string of the molecule is Cc1cc(N2CCCCCC2c2ccncc2)nc(N)n1. The number of hydrogen-bond donors (Lipinski definition) is 1. The summed E-state index contributed by atoms with van der Waals surface area (Å²) >= 11 is 0. The smallest absolute Gasteiger partial charge is 0.222 e. The summed E-state index contributed by atoms with van der Waals surface area (Å²) < 4.78 is 0. The maximum absolute atomic E-state index is 5.83. The minimum atomic E-state index is 0.337. The van der Waals surface area contributed by atoms with Gasteiger partial charge in [0.25, 0.3) is 0 Å². The number of aryl methyl sites for hydroxylation is 1. The molecular weight excluding hydrogens is 262 g/mol. The van der Waals surface area contributed by atoms with Gasteiger partial charge in [0.15, 0.2) is 0 Å². The molecule has 1 aliphatic heterocycles. The second kappa shape index (κ2) is 6.08. The van der Waals surface area contributed by atoms with Gasteiger partial charge >= 0.3 is 0 Å². The number of hydrogen-bond acceptors (Lipinski definition) is 5. The molecule has 3 heterocycles. The van der Waals surface area contributed by atoms with Gasteiger partial charge in [-0.15, -0.1) is 0 Å². The molecule has 2 aromatic rings. The fourth-order valence-corrected chi connectivity index (χ4v) is 3.04. The third-order valence-electron chi connectivity index (χ3n) is 4.00. The quantitative estimate of drug-likeness (QED) is 0.918. The summed E-state index contributed by atoms with van der Waals surface area (Å²) in [7, 11) is 0. The van der Waals surface area contributed by atoms with Crippen molar-refractivity contribution in [3.63, 3.8) is 0 Å². The van der Waals surface area contributed by atoms with Crippen molar-refractivity contribution in [1.29, 1.82) is 0 Å². The second-order valence-electron chi connectivity index (χ2n) is 5.56. The van der Waals surface area contributed by atoms with E-state index in [0.29, 0.717) is 12.0 Å². The molecule has 21 heavy (non-hydrogen) atoms. The van der Waals surface area contributed by atoms with Crippen LogP contribution in [0.3, 0.4) is 0 Å². The zero-order chi connectivity index (χ0) is 14.7. The Morgan fingerprint density at radius 1 is 1.14 bits per heavy atom. The van der Waals surface area contributed by atoms with Gasteiger partial charge in [0.2, 0.25) is 5.95 Å². The Bertz CT molecular complexity index is 579. The lowest BCUT2D eigenvalue weighted by molar-refractivity contribution is 0.596. The van der Waals surface area contributed by atoms with Crippen molar-refractivity contribution in [2.75, 3.05) is 17.2 Å². The van der Waals surface area contributed by atoms with E-state index in [4.69, 9.17) is 5.73 Å². The highest BCUT2D eigenvalue weighted by atomic mass is 15.2. The van der Waals surface area contributed by atoms with Gasteiger partial charge in [-0.3, -0.25) is 4.98 Å². The predicted octanol–water partition coefficient (Wildman–Crippen LogP) is 2.88. The van der Waals surface area contributed by atoms with Crippen LogP contribution in [0.2, 0.25) is 0 Å². The molecule has 3 rings (SSSR count). The first-order chi connectivity index (χ1) is 10.2. The molecule has 1 saturated heterocycles. The zero-order valence-corrected chi connectivity index (χ0v) is 12.4. The molecule has 5 heteroatoms. The second-order valence-corrected chi connectivity index (χ2v) is 5.56. The zero-order valence-electron chi connectivity index (χ0n) is 12.4. The molecule has 0 amide bonds. The molecule has 1 aliphatic rings. The first-order valence-electron chi connectivity index (χ1n) is 7.52.